The maximum absolute atomic E-state index is 6.02. The average Bonchev–Trinajstić information content (AvgIpc) is 2.80. The molecule has 2 aromatic rings. The minimum atomic E-state index is 0.469. The molecule has 4 heteroatoms. The molecule has 3 rings (SSSR count). The standard InChI is InChI=1S/C15H16ClN3/c1-10-7-18-15(8-17-10)9-19-14-5-11-2-3-13(16)4-12(11)6-14/h2-4,7-8,14,19H,5-6,9H2,1H3. The Hall–Kier alpha value is -1.45. The van der Waals surface area contributed by atoms with Crippen molar-refractivity contribution in [2.45, 2.75) is 32.4 Å². The maximum Gasteiger partial charge on any atom is 0.0724 e. The molecule has 1 aromatic carbocycles. The van der Waals surface area contributed by atoms with Crippen molar-refractivity contribution >= 4 is 11.6 Å². The number of aryl methyl sites for hydroxylation is 1. The van der Waals surface area contributed by atoms with Crippen LogP contribution in [0.1, 0.15) is 22.5 Å². The van der Waals surface area contributed by atoms with E-state index in [1.54, 1.807) is 6.20 Å². The van der Waals surface area contributed by atoms with E-state index in [1.807, 2.05) is 19.2 Å². The predicted molar refractivity (Wildman–Crippen MR) is 76.3 cm³/mol. The molecule has 3 nitrogen and oxygen atoms in total. The Labute approximate surface area is 118 Å². The molecule has 0 aliphatic heterocycles. The number of rotatable bonds is 3. The molecule has 0 spiro atoms. The topological polar surface area (TPSA) is 37.8 Å². The van der Waals surface area contributed by atoms with Crippen LogP contribution in [0.5, 0.6) is 0 Å². The molecule has 1 aliphatic rings. The molecule has 1 aromatic heterocycles. The molecule has 0 saturated carbocycles. The molecule has 19 heavy (non-hydrogen) atoms. The van der Waals surface area contributed by atoms with Crippen LogP contribution in [0.2, 0.25) is 5.02 Å². The Morgan fingerprint density at radius 2 is 2.05 bits per heavy atom. The van der Waals surface area contributed by atoms with E-state index in [4.69, 9.17) is 11.6 Å². The molecule has 98 valence electrons. The van der Waals surface area contributed by atoms with Gasteiger partial charge in [-0.15, -0.1) is 0 Å². The van der Waals surface area contributed by atoms with Gasteiger partial charge in [-0.2, -0.15) is 0 Å². The molecule has 1 atom stereocenters. The second kappa shape index (κ2) is 5.27. The predicted octanol–water partition coefficient (Wildman–Crippen LogP) is 2.70. The first-order valence-corrected chi connectivity index (χ1v) is 6.87. The normalized spacial score (nSPS) is 17.5. The monoisotopic (exact) mass is 273 g/mol. The fraction of sp³-hybridized carbons (Fsp3) is 0.333. The van der Waals surface area contributed by atoms with Crippen LogP contribution in [0.25, 0.3) is 0 Å². The van der Waals surface area contributed by atoms with Gasteiger partial charge in [0.1, 0.15) is 0 Å². The molecule has 1 aliphatic carbocycles. The third-order valence-electron chi connectivity index (χ3n) is 3.51. The summed E-state index contributed by atoms with van der Waals surface area (Å²) in [6.07, 6.45) is 5.74. The Kier molecular flexibility index (Phi) is 3.49. The zero-order valence-corrected chi connectivity index (χ0v) is 11.6. The van der Waals surface area contributed by atoms with Gasteiger partial charge in [0, 0.05) is 30.0 Å². The molecule has 1 N–H and O–H groups in total. The van der Waals surface area contributed by atoms with Gasteiger partial charge in [0.2, 0.25) is 0 Å². The van der Waals surface area contributed by atoms with Crippen LogP contribution in [0, 0.1) is 6.92 Å². The summed E-state index contributed by atoms with van der Waals surface area (Å²) in [6.45, 7) is 2.71. The smallest absolute Gasteiger partial charge is 0.0724 e. The largest absolute Gasteiger partial charge is 0.308 e. The van der Waals surface area contributed by atoms with E-state index >= 15 is 0 Å². The van der Waals surface area contributed by atoms with E-state index in [0.717, 1.165) is 35.8 Å². The van der Waals surface area contributed by atoms with Gasteiger partial charge >= 0.3 is 0 Å². The lowest BCUT2D eigenvalue weighted by Gasteiger charge is -2.11. The molecule has 0 radical (unpaired) electrons. The Morgan fingerprint density at radius 3 is 2.84 bits per heavy atom. The molecule has 0 amide bonds. The zero-order valence-electron chi connectivity index (χ0n) is 10.9. The van der Waals surface area contributed by atoms with Crippen molar-refractivity contribution in [1.82, 2.24) is 15.3 Å². The fourth-order valence-electron chi connectivity index (χ4n) is 2.49. The molecule has 1 unspecified atom stereocenters. The molecular weight excluding hydrogens is 258 g/mol. The molecular formula is C15H16ClN3. The summed E-state index contributed by atoms with van der Waals surface area (Å²) < 4.78 is 0. The van der Waals surface area contributed by atoms with Gasteiger partial charge in [-0.3, -0.25) is 9.97 Å². The van der Waals surface area contributed by atoms with E-state index in [0.29, 0.717) is 6.04 Å². The minimum absolute atomic E-state index is 0.469. The van der Waals surface area contributed by atoms with Crippen molar-refractivity contribution in [3.05, 3.63) is 58.1 Å². The third kappa shape index (κ3) is 2.94. The van der Waals surface area contributed by atoms with Crippen LogP contribution < -0.4 is 5.32 Å². The van der Waals surface area contributed by atoms with E-state index in [1.165, 1.54) is 11.1 Å². The van der Waals surface area contributed by atoms with Gasteiger partial charge in [-0.1, -0.05) is 17.7 Å². The summed E-state index contributed by atoms with van der Waals surface area (Å²) in [5.41, 5.74) is 4.70. The number of fused-ring (bicyclic) bond motifs is 1. The highest BCUT2D eigenvalue weighted by Crippen LogP contribution is 2.25. The number of hydrogen-bond acceptors (Lipinski definition) is 3. The van der Waals surface area contributed by atoms with Crippen LogP contribution in [-0.4, -0.2) is 16.0 Å². The van der Waals surface area contributed by atoms with Crippen LogP contribution in [0.3, 0.4) is 0 Å². The van der Waals surface area contributed by atoms with E-state index in [-0.39, 0.29) is 0 Å². The summed E-state index contributed by atoms with van der Waals surface area (Å²) in [5, 5.41) is 4.36. The number of hydrogen-bond donors (Lipinski definition) is 1. The maximum atomic E-state index is 6.02. The number of aromatic nitrogens is 2. The summed E-state index contributed by atoms with van der Waals surface area (Å²) in [4.78, 5) is 8.61. The number of halogens is 1. The first-order valence-electron chi connectivity index (χ1n) is 6.49. The van der Waals surface area contributed by atoms with Crippen LogP contribution in [-0.2, 0) is 19.4 Å². The summed E-state index contributed by atoms with van der Waals surface area (Å²) >= 11 is 6.02. The van der Waals surface area contributed by atoms with Gasteiger partial charge in [-0.05, 0) is 43.0 Å². The lowest BCUT2D eigenvalue weighted by molar-refractivity contribution is 0.527. The fourth-order valence-corrected chi connectivity index (χ4v) is 2.69. The highest BCUT2D eigenvalue weighted by molar-refractivity contribution is 6.30. The SMILES string of the molecule is Cc1cnc(CNC2Cc3ccc(Cl)cc3C2)cn1. The lowest BCUT2D eigenvalue weighted by Crippen LogP contribution is -2.29. The molecule has 0 saturated heterocycles. The van der Waals surface area contributed by atoms with E-state index in [2.05, 4.69) is 27.4 Å². The van der Waals surface area contributed by atoms with E-state index in [9.17, 15) is 0 Å². The van der Waals surface area contributed by atoms with Gasteiger partial charge in [0.15, 0.2) is 0 Å². The summed E-state index contributed by atoms with van der Waals surface area (Å²) in [6, 6.07) is 6.64. The summed E-state index contributed by atoms with van der Waals surface area (Å²) in [5.74, 6) is 0. The van der Waals surface area contributed by atoms with Gasteiger partial charge < -0.3 is 5.32 Å². The molecule has 0 bridgehead atoms. The highest BCUT2D eigenvalue weighted by atomic mass is 35.5. The first-order chi connectivity index (χ1) is 9.20. The quantitative estimate of drug-likeness (QED) is 0.934. The van der Waals surface area contributed by atoms with Crippen LogP contribution in [0.4, 0.5) is 0 Å². The number of benzene rings is 1. The van der Waals surface area contributed by atoms with Crippen molar-refractivity contribution in [1.29, 1.82) is 0 Å². The van der Waals surface area contributed by atoms with Gasteiger partial charge in [0.25, 0.3) is 0 Å². The Balaban J connectivity index is 1.60. The zero-order chi connectivity index (χ0) is 13.2. The second-order valence-electron chi connectivity index (χ2n) is 5.05. The van der Waals surface area contributed by atoms with Crippen molar-refractivity contribution < 1.29 is 0 Å². The van der Waals surface area contributed by atoms with Gasteiger partial charge in [-0.25, -0.2) is 0 Å². The van der Waals surface area contributed by atoms with Crippen LogP contribution in [0.15, 0.2) is 30.6 Å². The van der Waals surface area contributed by atoms with Crippen molar-refractivity contribution in [2.24, 2.45) is 0 Å². The van der Waals surface area contributed by atoms with Crippen LogP contribution >= 0.6 is 11.6 Å². The Bertz CT molecular complexity index is 580. The molecule has 0 fully saturated rings. The van der Waals surface area contributed by atoms with Gasteiger partial charge in [0.05, 0.1) is 11.4 Å². The third-order valence-corrected chi connectivity index (χ3v) is 3.74. The lowest BCUT2D eigenvalue weighted by atomic mass is 10.1. The summed E-state index contributed by atoms with van der Waals surface area (Å²) in [7, 11) is 0. The van der Waals surface area contributed by atoms with E-state index < -0.39 is 0 Å². The van der Waals surface area contributed by atoms with Crippen molar-refractivity contribution in [2.75, 3.05) is 0 Å². The highest BCUT2D eigenvalue weighted by Gasteiger charge is 2.20. The number of nitrogens with zero attached hydrogens (tertiary/aromatic N) is 2. The van der Waals surface area contributed by atoms with Crippen molar-refractivity contribution in [3.8, 4) is 0 Å². The second-order valence-corrected chi connectivity index (χ2v) is 5.48. The number of nitrogens with one attached hydrogen (secondary N) is 1. The van der Waals surface area contributed by atoms with Crippen molar-refractivity contribution in [3.63, 3.8) is 0 Å². The average molecular weight is 274 g/mol. The first kappa shape index (κ1) is 12.6. The Morgan fingerprint density at radius 1 is 1.21 bits per heavy atom. The minimum Gasteiger partial charge on any atom is -0.308 e. The molecule has 1 heterocycles.